The topological polar surface area (TPSA) is 62.2 Å². The molecule has 4 nitrogen and oxygen atoms in total. The molecule has 1 aromatic heterocycles. The van der Waals surface area contributed by atoms with Crippen molar-refractivity contribution in [1.29, 1.82) is 0 Å². The first-order valence-corrected chi connectivity index (χ1v) is 4.82. The zero-order valence-corrected chi connectivity index (χ0v) is 8.52. The molecule has 1 aromatic rings. The second-order valence-corrected chi connectivity index (χ2v) is 3.76. The summed E-state index contributed by atoms with van der Waals surface area (Å²) in [6.07, 6.45) is 0. The van der Waals surface area contributed by atoms with E-state index in [-0.39, 0.29) is 18.6 Å². The van der Waals surface area contributed by atoms with E-state index in [1.54, 1.807) is 6.92 Å². The third-order valence-corrected chi connectivity index (χ3v) is 2.44. The minimum absolute atomic E-state index is 0.0850. The van der Waals surface area contributed by atoms with Crippen LogP contribution in [0.2, 0.25) is 5.15 Å². The maximum absolute atomic E-state index is 11.3. The van der Waals surface area contributed by atoms with Gasteiger partial charge in [0.25, 0.3) is 5.91 Å². The molecule has 0 bridgehead atoms. The number of carbonyl (C=O) groups is 1. The smallest absolute Gasteiger partial charge is 0.263 e. The van der Waals surface area contributed by atoms with Crippen LogP contribution in [0.3, 0.4) is 0 Å². The summed E-state index contributed by atoms with van der Waals surface area (Å²) in [6, 6.07) is 1.24. The third kappa shape index (κ3) is 2.95. The number of aliphatic hydroxyl groups is 1. The van der Waals surface area contributed by atoms with Crippen LogP contribution in [0.1, 0.15) is 16.6 Å². The highest BCUT2D eigenvalue weighted by Crippen LogP contribution is 2.13. The van der Waals surface area contributed by atoms with Crippen LogP contribution in [0.4, 0.5) is 0 Å². The van der Waals surface area contributed by atoms with Crippen molar-refractivity contribution < 1.29 is 9.90 Å². The first-order chi connectivity index (χ1) is 6.13. The predicted molar refractivity (Wildman–Crippen MR) is 51.1 cm³/mol. The van der Waals surface area contributed by atoms with E-state index in [2.05, 4.69) is 9.69 Å². The van der Waals surface area contributed by atoms with Crippen molar-refractivity contribution in [3.63, 3.8) is 0 Å². The lowest BCUT2D eigenvalue weighted by Crippen LogP contribution is -2.34. The molecule has 13 heavy (non-hydrogen) atoms. The lowest BCUT2D eigenvalue weighted by molar-refractivity contribution is 0.0926. The molecule has 2 N–H and O–H groups in total. The molecule has 0 radical (unpaired) electrons. The van der Waals surface area contributed by atoms with Gasteiger partial charge in [0.2, 0.25) is 0 Å². The van der Waals surface area contributed by atoms with Gasteiger partial charge in [0, 0.05) is 12.1 Å². The van der Waals surface area contributed by atoms with Crippen LogP contribution in [0, 0.1) is 0 Å². The number of halogens is 1. The molecule has 1 amide bonds. The van der Waals surface area contributed by atoms with Crippen LogP contribution >= 0.6 is 23.1 Å². The lowest BCUT2D eigenvalue weighted by Gasteiger charge is -2.08. The maximum Gasteiger partial charge on any atom is 0.263 e. The monoisotopic (exact) mass is 220 g/mol. The molecule has 0 fully saturated rings. The van der Waals surface area contributed by atoms with Crippen molar-refractivity contribution in [2.24, 2.45) is 0 Å². The molecule has 0 saturated heterocycles. The van der Waals surface area contributed by atoms with Crippen LogP contribution in [-0.4, -0.2) is 28.0 Å². The Morgan fingerprint density at radius 1 is 1.92 bits per heavy atom. The molecule has 0 aliphatic heterocycles. The number of rotatable bonds is 3. The number of aliphatic hydroxyl groups excluding tert-OH is 1. The van der Waals surface area contributed by atoms with Crippen molar-refractivity contribution in [2.75, 3.05) is 6.61 Å². The van der Waals surface area contributed by atoms with Gasteiger partial charge in [0.15, 0.2) is 0 Å². The summed E-state index contributed by atoms with van der Waals surface area (Å²) >= 11 is 6.58. The van der Waals surface area contributed by atoms with Gasteiger partial charge in [-0.15, -0.1) is 0 Å². The van der Waals surface area contributed by atoms with Crippen molar-refractivity contribution in [3.05, 3.63) is 16.1 Å². The van der Waals surface area contributed by atoms with Crippen molar-refractivity contribution in [1.82, 2.24) is 9.69 Å². The quantitative estimate of drug-likeness (QED) is 0.796. The van der Waals surface area contributed by atoms with Gasteiger partial charge in [0.05, 0.1) is 6.61 Å². The van der Waals surface area contributed by atoms with E-state index in [1.165, 1.54) is 6.07 Å². The van der Waals surface area contributed by atoms with Gasteiger partial charge in [-0.1, -0.05) is 11.6 Å². The van der Waals surface area contributed by atoms with Crippen molar-refractivity contribution in [3.8, 4) is 0 Å². The predicted octanol–water partition coefficient (Wildman–Crippen LogP) is 0.907. The number of hydrogen-bond acceptors (Lipinski definition) is 4. The average Bonchev–Trinajstić information content (AvgIpc) is 2.51. The molecule has 0 aliphatic carbocycles. The van der Waals surface area contributed by atoms with Crippen LogP contribution in [0.15, 0.2) is 6.07 Å². The molecule has 6 heteroatoms. The van der Waals surface area contributed by atoms with Gasteiger partial charge in [-0.25, -0.2) is 0 Å². The molecular weight excluding hydrogens is 212 g/mol. The van der Waals surface area contributed by atoms with Gasteiger partial charge >= 0.3 is 0 Å². The van der Waals surface area contributed by atoms with E-state index in [1.807, 2.05) is 0 Å². The molecule has 0 aliphatic rings. The van der Waals surface area contributed by atoms with E-state index >= 15 is 0 Å². The number of hydrogen-bond donors (Lipinski definition) is 2. The molecule has 0 spiro atoms. The zero-order valence-electron chi connectivity index (χ0n) is 6.95. The molecule has 1 unspecified atom stereocenters. The standard InChI is InChI=1S/C7H9ClN2O2S/c1-4(3-11)9-7(12)5-2-6(8)10-13-5/h2,4,11H,3H2,1H3,(H,9,12). The molecule has 0 aromatic carbocycles. The number of nitrogens with one attached hydrogen (secondary N) is 1. The Morgan fingerprint density at radius 3 is 3.08 bits per heavy atom. The van der Waals surface area contributed by atoms with E-state index in [4.69, 9.17) is 16.7 Å². The Labute approximate surface area is 84.7 Å². The van der Waals surface area contributed by atoms with Crippen LogP contribution < -0.4 is 5.32 Å². The highest BCUT2D eigenvalue weighted by molar-refractivity contribution is 7.08. The zero-order chi connectivity index (χ0) is 9.84. The highest BCUT2D eigenvalue weighted by Gasteiger charge is 2.11. The van der Waals surface area contributed by atoms with Gasteiger partial charge in [0.1, 0.15) is 10.0 Å². The lowest BCUT2D eigenvalue weighted by atomic mass is 10.3. The van der Waals surface area contributed by atoms with Gasteiger partial charge in [-0.3, -0.25) is 4.79 Å². The van der Waals surface area contributed by atoms with Gasteiger partial charge in [-0.2, -0.15) is 4.37 Å². The Bertz CT molecular complexity index is 302. The van der Waals surface area contributed by atoms with E-state index < -0.39 is 0 Å². The van der Waals surface area contributed by atoms with Crippen molar-refractivity contribution in [2.45, 2.75) is 13.0 Å². The Balaban J connectivity index is 2.58. The highest BCUT2D eigenvalue weighted by atomic mass is 35.5. The summed E-state index contributed by atoms with van der Waals surface area (Å²) in [5.41, 5.74) is 0. The van der Waals surface area contributed by atoms with E-state index in [0.29, 0.717) is 10.0 Å². The van der Waals surface area contributed by atoms with Crippen LogP contribution in [0.5, 0.6) is 0 Å². The second kappa shape index (κ2) is 4.55. The first-order valence-electron chi connectivity index (χ1n) is 3.67. The SMILES string of the molecule is CC(CO)NC(=O)c1cc(Cl)ns1. The minimum Gasteiger partial charge on any atom is -0.394 e. The molecule has 1 atom stereocenters. The Hall–Kier alpha value is -0.650. The largest absolute Gasteiger partial charge is 0.394 e. The normalized spacial score (nSPS) is 12.5. The summed E-state index contributed by atoms with van der Waals surface area (Å²) in [5.74, 6) is -0.258. The molecule has 0 saturated carbocycles. The second-order valence-electron chi connectivity index (χ2n) is 2.57. The number of aromatic nitrogens is 1. The fourth-order valence-corrected chi connectivity index (χ4v) is 1.52. The van der Waals surface area contributed by atoms with Crippen LogP contribution in [0.25, 0.3) is 0 Å². The first kappa shape index (κ1) is 10.4. The summed E-state index contributed by atoms with van der Waals surface area (Å²) in [6.45, 7) is 1.62. The summed E-state index contributed by atoms with van der Waals surface area (Å²) in [7, 11) is 0. The Morgan fingerprint density at radius 2 is 2.62 bits per heavy atom. The summed E-state index contributed by atoms with van der Waals surface area (Å²) < 4.78 is 3.75. The fraction of sp³-hybridized carbons (Fsp3) is 0.429. The summed E-state index contributed by atoms with van der Waals surface area (Å²) in [4.78, 5) is 11.8. The fourth-order valence-electron chi connectivity index (χ4n) is 0.701. The molecule has 1 heterocycles. The van der Waals surface area contributed by atoms with E-state index in [0.717, 1.165) is 11.5 Å². The average molecular weight is 221 g/mol. The summed E-state index contributed by atoms with van der Waals surface area (Å²) in [5, 5.41) is 11.6. The molecule has 72 valence electrons. The number of carbonyl (C=O) groups excluding carboxylic acids is 1. The van der Waals surface area contributed by atoms with E-state index in [9.17, 15) is 4.79 Å². The third-order valence-electron chi connectivity index (χ3n) is 1.36. The molecular formula is C7H9ClN2O2S. The maximum atomic E-state index is 11.3. The molecule has 1 rings (SSSR count). The van der Waals surface area contributed by atoms with Crippen LogP contribution in [-0.2, 0) is 0 Å². The Kier molecular flexibility index (Phi) is 3.65. The minimum atomic E-state index is -0.258. The van der Waals surface area contributed by atoms with Gasteiger partial charge in [-0.05, 0) is 18.5 Å². The van der Waals surface area contributed by atoms with Gasteiger partial charge < -0.3 is 10.4 Å². The van der Waals surface area contributed by atoms with Crippen molar-refractivity contribution >= 4 is 29.0 Å². The number of amides is 1. The number of nitrogens with zero attached hydrogens (tertiary/aromatic N) is 1.